The highest BCUT2D eigenvalue weighted by Crippen LogP contribution is 2.22. The fourth-order valence-corrected chi connectivity index (χ4v) is 2.54. The van der Waals surface area contributed by atoms with E-state index in [2.05, 4.69) is 10.6 Å². The van der Waals surface area contributed by atoms with Crippen LogP contribution in [0.25, 0.3) is 0 Å². The highest BCUT2D eigenvalue weighted by Gasteiger charge is 2.24. The monoisotopic (exact) mass is 398 g/mol. The van der Waals surface area contributed by atoms with Gasteiger partial charge in [0.15, 0.2) is 12.6 Å². The molecule has 8 heteroatoms. The molecule has 0 aliphatic rings. The molecule has 0 radical (unpaired) electrons. The van der Waals surface area contributed by atoms with Crippen molar-refractivity contribution in [3.63, 3.8) is 0 Å². The molecule has 3 N–H and O–H groups in total. The normalized spacial score (nSPS) is 13.0. The van der Waals surface area contributed by atoms with Crippen LogP contribution in [0.1, 0.15) is 6.92 Å². The average Bonchev–Trinajstić information content (AvgIpc) is 2.58. The summed E-state index contributed by atoms with van der Waals surface area (Å²) in [5.74, 6) is -1.04. The second-order valence-corrected chi connectivity index (χ2v) is 6.76. The summed E-state index contributed by atoms with van der Waals surface area (Å²) >= 11 is 11.7. The standard InChI is InChI=1S/C18H18Cl2FN3O2/c1-11(18(26)23-16-8-5-13(21)9-15(16)20)24(2)10-17(25)22-14-6-3-12(19)4-7-14/h3-9,11H,10H2,1-2H3,(H,22,25)(H,23,26)/p+1/t11-/m1/s1. The SMILES string of the molecule is C[C@H](C(=O)Nc1ccc(F)cc1Cl)[NH+](C)CC(=O)Nc1ccc(Cl)cc1. The van der Waals surface area contributed by atoms with E-state index in [9.17, 15) is 14.0 Å². The molecule has 0 bridgehead atoms. The van der Waals surface area contributed by atoms with E-state index in [0.29, 0.717) is 21.3 Å². The molecule has 0 aliphatic heterocycles. The molecule has 2 aromatic carbocycles. The second kappa shape index (κ2) is 8.98. The fourth-order valence-electron chi connectivity index (χ4n) is 2.20. The first-order valence-corrected chi connectivity index (χ1v) is 8.65. The third-order valence-electron chi connectivity index (χ3n) is 3.89. The molecule has 138 valence electrons. The van der Waals surface area contributed by atoms with Gasteiger partial charge in [0.1, 0.15) is 5.82 Å². The van der Waals surface area contributed by atoms with E-state index < -0.39 is 11.9 Å². The van der Waals surface area contributed by atoms with Crippen LogP contribution in [0, 0.1) is 5.82 Å². The number of carbonyl (C=O) groups excluding carboxylic acids is 2. The molecule has 0 aliphatic carbocycles. The number of hydrogen-bond donors (Lipinski definition) is 3. The summed E-state index contributed by atoms with van der Waals surface area (Å²) in [7, 11) is 1.73. The van der Waals surface area contributed by atoms with Crippen molar-refractivity contribution in [1.82, 2.24) is 0 Å². The lowest BCUT2D eigenvalue weighted by Crippen LogP contribution is -3.14. The van der Waals surface area contributed by atoms with Crippen molar-refractivity contribution in [3.05, 3.63) is 58.3 Å². The summed E-state index contributed by atoms with van der Waals surface area (Å²) in [5.41, 5.74) is 0.950. The minimum absolute atomic E-state index is 0.0916. The molecule has 0 saturated carbocycles. The Morgan fingerprint density at radius 2 is 1.77 bits per heavy atom. The molecule has 2 amide bonds. The summed E-state index contributed by atoms with van der Waals surface area (Å²) in [5, 5.41) is 6.08. The number of halogens is 3. The zero-order valence-corrected chi connectivity index (χ0v) is 15.8. The lowest BCUT2D eigenvalue weighted by Gasteiger charge is -2.21. The van der Waals surface area contributed by atoms with Gasteiger partial charge in [-0.3, -0.25) is 9.59 Å². The number of anilines is 2. The predicted molar refractivity (Wildman–Crippen MR) is 101 cm³/mol. The van der Waals surface area contributed by atoms with Crippen molar-refractivity contribution in [2.45, 2.75) is 13.0 Å². The van der Waals surface area contributed by atoms with E-state index in [1.807, 2.05) is 0 Å². The van der Waals surface area contributed by atoms with Crippen LogP contribution in [-0.2, 0) is 9.59 Å². The molecule has 5 nitrogen and oxygen atoms in total. The predicted octanol–water partition coefficient (Wildman–Crippen LogP) is 2.61. The van der Waals surface area contributed by atoms with Crippen LogP contribution >= 0.6 is 23.2 Å². The fraction of sp³-hybridized carbons (Fsp3) is 0.222. The zero-order valence-electron chi connectivity index (χ0n) is 14.3. The summed E-state index contributed by atoms with van der Waals surface area (Å²) in [6.45, 7) is 1.78. The number of amides is 2. The highest BCUT2D eigenvalue weighted by atomic mass is 35.5. The first-order valence-electron chi connectivity index (χ1n) is 7.90. The van der Waals surface area contributed by atoms with Crippen molar-refractivity contribution in [2.75, 3.05) is 24.2 Å². The largest absolute Gasteiger partial charge is 0.321 e. The van der Waals surface area contributed by atoms with Gasteiger partial charge in [0.25, 0.3) is 11.8 Å². The Bertz CT molecular complexity index is 800. The molecule has 0 heterocycles. The molecule has 0 fully saturated rings. The van der Waals surface area contributed by atoms with E-state index in [4.69, 9.17) is 23.2 Å². The van der Waals surface area contributed by atoms with E-state index >= 15 is 0 Å². The number of carbonyl (C=O) groups is 2. The van der Waals surface area contributed by atoms with Crippen molar-refractivity contribution in [1.29, 1.82) is 0 Å². The summed E-state index contributed by atoms with van der Waals surface area (Å²) < 4.78 is 13.1. The maximum atomic E-state index is 13.1. The van der Waals surface area contributed by atoms with Gasteiger partial charge in [-0.1, -0.05) is 23.2 Å². The van der Waals surface area contributed by atoms with Gasteiger partial charge in [0, 0.05) is 10.7 Å². The van der Waals surface area contributed by atoms with Crippen LogP contribution in [0.15, 0.2) is 42.5 Å². The van der Waals surface area contributed by atoms with Gasteiger partial charge in [-0.25, -0.2) is 4.39 Å². The summed E-state index contributed by atoms with van der Waals surface area (Å²) in [6.07, 6.45) is 0. The molecule has 26 heavy (non-hydrogen) atoms. The van der Waals surface area contributed by atoms with Crippen molar-refractivity contribution in [3.8, 4) is 0 Å². The van der Waals surface area contributed by atoms with Crippen LogP contribution in [0.4, 0.5) is 15.8 Å². The van der Waals surface area contributed by atoms with Gasteiger partial charge < -0.3 is 15.5 Å². The zero-order chi connectivity index (χ0) is 19.3. The molecular formula is C18H19Cl2FN3O2+. The topological polar surface area (TPSA) is 62.6 Å². The van der Waals surface area contributed by atoms with Gasteiger partial charge in [-0.2, -0.15) is 0 Å². The number of benzene rings is 2. The number of likely N-dealkylation sites (N-methyl/N-ethyl adjacent to an activating group) is 1. The van der Waals surface area contributed by atoms with Crippen molar-refractivity contribution < 1.29 is 18.9 Å². The lowest BCUT2D eigenvalue weighted by atomic mass is 10.2. The Hall–Kier alpha value is -2.15. The van der Waals surface area contributed by atoms with Gasteiger partial charge in [0.05, 0.1) is 17.8 Å². The maximum absolute atomic E-state index is 13.1. The second-order valence-electron chi connectivity index (χ2n) is 5.91. The van der Waals surface area contributed by atoms with Gasteiger partial charge in [-0.15, -0.1) is 0 Å². The molecule has 0 saturated heterocycles. The number of rotatable bonds is 6. The molecule has 2 atom stereocenters. The summed E-state index contributed by atoms with van der Waals surface area (Å²) in [6, 6.07) is 9.95. The van der Waals surface area contributed by atoms with E-state index in [1.165, 1.54) is 12.1 Å². The van der Waals surface area contributed by atoms with E-state index in [0.717, 1.165) is 6.07 Å². The van der Waals surface area contributed by atoms with Gasteiger partial charge >= 0.3 is 0 Å². The number of hydrogen-bond acceptors (Lipinski definition) is 2. The van der Waals surface area contributed by atoms with Gasteiger partial charge in [0.2, 0.25) is 0 Å². The van der Waals surface area contributed by atoms with Crippen LogP contribution in [-0.4, -0.2) is 31.4 Å². The highest BCUT2D eigenvalue weighted by molar-refractivity contribution is 6.33. The Morgan fingerprint density at radius 3 is 2.38 bits per heavy atom. The average molecular weight is 399 g/mol. The van der Waals surface area contributed by atoms with Gasteiger partial charge in [-0.05, 0) is 49.4 Å². The molecule has 0 aromatic heterocycles. The molecule has 1 unspecified atom stereocenters. The third kappa shape index (κ3) is 5.69. The minimum atomic E-state index is -0.521. The van der Waals surface area contributed by atoms with Crippen LogP contribution < -0.4 is 15.5 Å². The van der Waals surface area contributed by atoms with Crippen LogP contribution in [0.2, 0.25) is 10.0 Å². The van der Waals surface area contributed by atoms with E-state index in [1.54, 1.807) is 38.2 Å². The Labute approximate surface area is 161 Å². The maximum Gasteiger partial charge on any atom is 0.282 e. The summed E-state index contributed by atoms with van der Waals surface area (Å²) in [4.78, 5) is 25.2. The number of nitrogens with one attached hydrogen (secondary N) is 3. The molecule has 2 rings (SSSR count). The first-order chi connectivity index (χ1) is 12.3. The lowest BCUT2D eigenvalue weighted by molar-refractivity contribution is -0.885. The van der Waals surface area contributed by atoms with Crippen LogP contribution in [0.3, 0.4) is 0 Å². The van der Waals surface area contributed by atoms with Crippen molar-refractivity contribution in [2.24, 2.45) is 0 Å². The number of quaternary nitrogens is 1. The molecule has 0 spiro atoms. The van der Waals surface area contributed by atoms with Crippen LogP contribution in [0.5, 0.6) is 0 Å². The smallest absolute Gasteiger partial charge is 0.282 e. The Kier molecular flexibility index (Phi) is 6.97. The van der Waals surface area contributed by atoms with E-state index in [-0.39, 0.29) is 23.4 Å². The first kappa shape index (κ1) is 20.2. The minimum Gasteiger partial charge on any atom is -0.321 e. The Morgan fingerprint density at radius 1 is 1.12 bits per heavy atom. The quantitative estimate of drug-likeness (QED) is 0.700. The molecular weight excluding hydrogens is 380 g/mol. The van der Waals surface area contributed by atoms with Crippen molar-refractivity contribution >= 4 is 46.4 Å². The molecule has 2 aromatic rings. The third-order valence-corrected chi connectivity index (χ3v) is 4.45. The Balaban J connectivity index is 1.90.